The molecule has 0 saturated carbocycles. The number of benzene rings is 2. The van der Waals surface area contributed by atoms with Crippen LogP contribution in [-0.2, 0) is 0 Å². The van der Waals surface area contributed by atoms with Crippen molar-refractivity contribution in [3.8, 4) is 5.75 Å². The number of nitro benzene ring substituents is 2. The van der Waals surface area contributed by atoms with Crippen LogP contribution in [0.5, 0.6) is 5.75 Å². The van der Waals surface area contributed by atoms with Gasteiger partial charge in [0, 0.05) is 24.8 Å². The molecule has 0 atom stereocenters. The van der Waals surface area contributed by atoms with Crippen molar-refractivity contribution in [2.24, 2.45) is 0 Å². The van der Waals surface area contributed by atoms with E-state index in [1.54, 1.807) is 12.1 Å². The standard InChI is InChI=1S/C14H14N4O5/c19-12-4-1-10(2-5-12)15-7-8-16-13-6-3-11(17(20)21)9-14(13)18(22)23/h1-6,9,15-16,19H,7-8H2. The molecule has 0 heterocycles. The first-order valence-corrected chi connectivity index (χ1v) is 6.67. The van der Waals surface area contributed by atoms with Crippen LogP contribution >= 0.6 is 0 Å². The summed E-state index contributed by atoms with van der Waals surface area (Å²) in [5.41, 5.74) is 0.337. The highest BCUT2D eigenvalue weighted by molar-refractivity contribution is 5.65. The third-order valence-corrected chi connectivity index (χ3v) is 3.03. The fourth-order valence-corrected chi connectivity index (χ4v) is 1.92. The number of rotatable bonds is 7. The third kappa shape index (κ3) is 4.30. The molecular weight excluding hydrogens is 304 g/mol. The molecule has 2 aromatic carbocycles. The molecule has 2 rings (SSSR count). The van der Waals surface area contributed by atoms with E-state index in [9.17, 15) is 20.2 Å². The van der Waals surface area contributed by atoms with E-state index in [0.717, 1.165) is 11.8 Å². The number of hydrogen-bond donors (Lipinski definition) is 3. The van der Waals surface area contributed by atoms with Gasteiger partial charge in [-0.1, -0.05) is 0 Å². The van der Waals surface area contributed by atoms with Crippen LogP contribution in [0.1, 0.15) is 0 Å². The first-order chi connectivity index (χ1) is 11.0. The summed E-state index contributed by atoms with van der Waals surface area (Å²) in [7, 11) is 0. The van der Waals surface area contributed by atoms with Crippen LogP contribution in [0.4, 0.5) is 22.7 Å². The maximum Gasteiger partial charge on any atom is 0.299 e. The van der Waals surface area contributed by atoms with Crippen molar-refractivity contribution in [3.05, 3.63) is 62.7 Å². The predicted molar refractivity (Wildman–Crippen MR) is 84.8 cm³/mol. The number of phenols is 1. The van der Waals surface area contributed by atoms with Crippen molar-refractivity contribution < 1.29 is 15.0 Å². The van der Waals surface area contributed by atoms with Gasteiger partial charge in [0.1, 0.15) is 11.4 Å². The number of aromatic hydroxyl groups is 1. The fraction of sp³-hybridized carbons (Fsp3) is 0.143. The number of nitro groups is 2. The van der Waals surface area contributed by atoms with E-state index in [1.807, 2.05) is 0 Å². The van der Waals surface area contributed by atoms with Crippen molar-refractivity contribution in [1.82, 2.24) is 0 Å². The lowest BCUT2D eigenvalue weighted by molar-refractivity contribution is -0.393. The maximum absolute atomic E-state index is 11.0. The Morgan fingerprint density at radius 3 is 2.17 bits per heavy atom. The molecule has 0 aliphatic rings. The first kappa shape index (κ1) is 16.0. The summed E-state index contributed by atoms with van der Waals surface area (Å²) < 4.78 is 0. The highest BCUT2D eigenvalue weighted by Crippen LogP contribution is 2.28. The second-order valence-corrected chi connectivity index (χ2v) is 4.62. The van der Waals surface area contributed by atoms with Gasteiger partial charge in [-0.2, -0.15) is 0 Å². The molecule has 0 fully saturated rings. The smallest absolute Gasteiger partial charge is 0.299 e. The van der Waals surface area contributed by atoms with Gasteiger partial charge in [0.25, 0.3) is 11.4 Å². The Morgan fingerprint density at radius 1 is 0.913 bits per heavy atom. The molecule has 2 aromatic rings. The Morgan fingerprint density at radius 2 is 1.57 bits per heavy atom. The number of nitrogens with zero attached hydrogens (tertiary/aromatic N) is 2. The maximum atomic E-state index is 11.0. The largest absolute Gasteiger partial charge is 0.508 e. The van der Waals surface area contributed by atoms with Crippen LogP contribution in [0.15, 0.2) is 42.5 Å². The van der Waals surface area contributed by atoms with Gasteiger partial charge in [-0.25, -0.2) is 0 Å². The molecular formula is C14H14N4O5. The minimum absolute atomic E-state index is 0.162. The van der Waals surface area contributed by atoms with Gasteiger partial charge in [0.2, 0.25) is 0 Å². The normalized spacial score (nSPS) is 10.1. The zero-order valence-electron chi connectivity index (χ0n) is 11.9. The van der Waals surface area contributed by atoms with Crippen LogP contribution in [0.2, 0.25) is 0 Å². The average molecular weight is 318 g/mol. The number of anilines is 2. The van der Waals surface area contributed by atoms with E-state index in [-0.39, 0.29) is 22.8 Å². The molecule has 0 aliphatic carbocycles. The Hall–Kier alpha value is -3.36. The van der Waals surface area contributed by atoms with E-state index in [0.29, 0.717) is 13.1 Å². The average Bonchev–Trinajstić information content (AvgIpc) is 2.53. The lowest BCUT2D eigenvalue weighted by Gasteiger charge is -2.09. The summed E-state index contributed by atoms with van der Waals surface area (Å²) in [5.74, 6) is 0.162. The summed E-state index contributed by atoms with van der Waals surface area (Å²) in [4.78, 5) is 20.3. The van der Waals surface area contributed by atoms with Crippen molar-refractivity contribution in [2.75, 3.05) is 23.7 Å². The topological polar surface area (TPSA) is 131 Å². The van der Waals surface area contributed by atoms with Crippen molar-refractivity contribution in [1.29, 1.82) is 0 Å². The van der Waals surface area contributed by atoms with Crippen LogP contribution in [0.25, 0.3) is 0 Å². The molecule has 0 unspecified atom stereocenters. The summed E-state index contributed by atoms with van der Waals surface area (Å²) in [6.07, 6.45) is 0. The lowest BCUT2D eigenvalue weighted by atomic mass is 10.2. The lowest BCUT2D eigenvalue weighted by Crippen LogP contribution is -2.14. The second kappa shape index (κ2) is 7.07. The fourth-order valence-electron chi connectivity index (χ4n) is 1.92. The van der Waals surface area contributed by atoms with E-state index < -0.39 is 9.85 Å². The number of phenolic OH excluding ortho intramolecular Hbond substituents is 1. The van der Waals surface area contributed by atoms with E-state index in [2.05, 4.69) is 10.6 Å². The Balaban J connectivity index is 1.96. The van der Waals surface area contributed by atoms with Crippen molar-refractivity contribution in [2.45, 2.75) is 0 Å². The molecule has 0 saturated heterocycles. The van der Waals surface area contributed by atoms with Gasteiger partial charge >= 0.3 is 0 Å². The Bertz CT molecular complexity index is 718. The van der Waals surface area contributed by atoms with E-state index in [1.165, 1.54) is 24.3 Å². The quantitative estimate of drug-likeness (QED) is 0.309. The third-order valence-electron chi connectivity index (χ3n) is 3.03. The van der Waals surface area contributed by atoms with Crippen molar-refractivity contribution >= 4 is 22.7 Å². The van der Waals surface area contributed by atoms with Gasteiger partial charge in [-0.05, 0) is 30.3 Å². The van der Waals surface area contributed by atoms with Crippen molar-refractivity contribution in [3.63, 3.8) is 0 Å². The molecule has 0 amide bonds. The Kier molecular flexibility index (Phi) is 4.92. The molecule has 23 heavy (non-hydrogen) atoms. The van der Waals surface area contributed by atoms with Gasteiger partial charge in [-0.15, -0.1) is 0 Å². The zero-order chi connectivity index (χ0) is 16.8. The summed E-state index contributed by atoms with van der Waals surface area (Å²) in [6.45, 7) is 0.846. The number of non-ortho nitro benzene ring substituents is 1. The van der Waals surface area contributed by atoms with E-state index >= 15 is 0 Å². The molecule has 9 nitrogen and oxygen atoms in total. The molecule has 120 valence electrons. The van der Waals surface area contributed by atoms with Gasteiger partial charge in [0.15, 0.2) is 0 Å². The van der Waals surface area contributed by atoms with Crippen LogP contribution in [0.3, 0.4) is 0 Å². The summed E-state index contributed by atoms with van der Waals surface area (Å²) in [6, 6.07) is 9.93. The highest BCUT2D eigenvalue weighted by atomic mass is 16.6. The number of nitrogens with one attached hydrogen (secondary N) is 2. The van der Waals surface area contributed by atoms with Gasteiger partial charge < -0.3 is 15.7 Å². The second-order valence-electron chi connectivity index (χ2n) is 4.62. The molecule has 3 N–H and O–H groups in total. The van der Waals surface area contributed by atoms with Gasteiger partial charge in [-0.3, -0.25) is 20.2 Å². The first-order valence-electron chi connectivity index (χ1n) is 6.67. The minimum Gasteiger partial charge on any atom is -0.508 e. The molecule has 9 heteroatoms. The SMILES string of the molecule is O=[N+]([O-])c1ccc(NCCNc2ccc(O)cc2)c([N+](=O)[O-])c1. The molecule has 0 aliphatic heterocycles. The summed E-state index contributed by atoms with van der Waals surface area (Å²) >= 11 is 0. The summed E-state index contributed by atoms with van der Waals surface area (Å²) in [5, 5.41) is 36.8. The van der Waals surface area contributed by atoms with Crippen LogP contribution in [-0.4, -0.2) is 28.0 Å². The Labute approximate surface area is 130 Å². The predicted octanol–water partition coefficient (Wildman–Crippen LogP) is 2.73. The highest BCUT2D eigenvalue weighted by Gasteiger charge is 2.18. The van der Waals surface area contributed by atoms with E-state index in [4.69, 9.17) is 5.11 Å². The monoisotopic (exact) mass is 318 g/mol. The molecule has 0 radical (unpaired) electrons. The minimum atomic E-state index is -0.677. The van der Waals surface area contributed by atoms with Gasteiger partial charge in [0.05, 0.1) is 15.9 Å². The number of hydrogen-bond acceptors (Lipinski definition) is 7. The van der Waals surface area contributed by atoms with Crippen LogP contribution < -0.4 is 10.6 Å². The molecule has 0 aromatic heterocycles. The van der Waals surface area contributed by atoms with Crippen LogP contribution in [0, 0.1) is 20.2 Å². The molecule has 0 bridgehead atoms. The molecule has 0 spiro atoms. The zero-order valence-corrected chi connectivity index (χ0v) is 11.9.